The number of hydrogen-bond acceptors (Lipinski definition) is 4. The smallest absolute Gasteiger partial charge is 0.267 e. The lowest BCUT2D eigenvalue weighted by molar-refractivity contribution is -0.115. The molecule has 0 saturated carbocycles. The van der Waals surface area contributed by atoms with E-state index in [9.17, 15) is 9.59 Å². The normalized spacial score (nSPS) is 15.6. The van der Waals surface area contributed by atoms with Gasteiger partial charge in [0, 0.05) is 6.42 Å². The number of hydrogen-bond donors (Lipinski definition) is 0. The molecule has 4 rings (SSSR count). The van der Waals surface area contributed by atoms with Crippen LogP contribution in [0.5, 0.6) is 0 Å². The van der Waals surface area contributed by atoms with Crippen molar-refractivity contribution in [3.63, 3.8) is 0 Å². The fraction of sp³-hybridized carbons (Fsp3) is 0.143. The number of carbonyl (C=O) groups is 1. The average Bonchev–Trinajstić information content (AvgIpc) is 2.96. The number of aryl methyl sites for hydroxylation is 1. The van der Waals surface area contributed by atoms with Crippen molar-refractivity contribution in [1.29, 1.82) is 0 Å². The Morgan fingerprint density at radius 2 is 1.70 bits per heavy atom. The van der Waals surface area contributed by atoms with Gasteiger partial charge in [-0.05, 0) is 30.7 Å². The zero-order valence-electron chi connectivity index (χ0n) is 15.1. The van der Waals surface area contributed by atoms with Crippen LogP contribution < -0.4 is 10.6 Å². The molecule has 0 bridgehead atoms. The van der Waals surface area contributed by atoms with Crippen LogP contribution in [0.1, 0.15) is 25.2 Å². The maximum Gasteiger partial charge on any atom is 0.297 e. The summed E-state index contributed by atoms with van der Waals surface area (Å²) >= 11 is 0. The topological polar surface area (TPSA) is 67.6 Å². The zero-order chi connectivity index (χ0) is 19.0. The number of benzene rings is 2. The standard InChI is InChI=1S/C21H18N4O2/c1-3-19-23-17-12-8-7-11-16(17)20(26)25(19)24-14(2)22-18(21(24)27)13-15-9-5-4-6-10-15/h4-13H,3H2,1-2H3/b18-13+. The van der Waals surface area contributed by atoms with Gasteiger partial charge < -0.3 is 0 Å². The Balaban J connectivity index is 1.86. The first-order valence-electron chi connectivity index (χ1n) is 8.77. The molecule has 0 N–H and O–H groups in total. The number of amides is 1. The first-order chi connectivity index (χ1) is 13.1. The molecule has 27 heavy (non-hydrogen) atoms. The van der Waals surface area contributed by atoms with E-state index in [1.165, 1.54) is 9.69 Å². The molecule has 0 atom stereocenters. The van der Waals surface area contributed by atoms with Crippen LogP contribution in [0.4, 0.5) is 0 Å². The molecule has 3 aromatic rings. The molecular formula is C21H18N4O2. The van der Waals surface area contributed by atoms with Crippen LogP contribution in [0.15, 0.2) is 70.1 Å². The van der Waals surface area contributed by atoms with Gasteiger partial charge in [0.2, 0.25) is 0 Å². The van der Waals surface area contributed by atoms with E-state index in [0.29, 0.717) is 34.7 Å². The highest BCUT2D eigenvalue weighted by atomic mass is 16.2. The van der Waals surface area contributed by atoms with Crippen molar-refractivity contribution in [2.75, 3.05) is 5.01 Å². The minimum Gasteiger partial charge on any atom is -0.267 e. The van der Waals surface area contributed by atoms with Gasteiger partial charge in [0.25, 0.3) is 11.5 Å². The van der Waals surface area contributed by atoms with E-state index in [0.717, 1.165) is 5.56 Å². The Bertz CT molecular complexity index is 1160. The van der Waals surface area contributed by atoms with Gasteiger partial charge in [-0.2, -0.15) is 9.69 Å². The predicted molar refractivity (Wildman–Crippen MR) is 106 cm³/mol. The predicted octanol–water partition coefficient (Wildman–Crippen LogP) is 2.90. The minimum atomic E-state index is -0.342. The van der Waals surface area contributed by atoms with E-state index in [-0.39, 0.29) is 11.5 Å². The lowest BCUT2D eigenvalue weighted by Crippen LogP contribution is -2.48. The number of fused-ring (bicyclic) bond motifs is 1. The molecule has 2 heterocycles. The Kier molecular flexibility index (Phi) is 4.16. The van der Waals surface area contributed by atoms with E-state index in [1.54, 1.807) is 31.2 Å². The third kappa shape index (κ3) is 2.85. The Morgan fingerprint density at radius 1 is 1.00 bits per heavy atom. The van der Waals surface area contributed by atoms with Crippen LogP contribution in [-0.2, 0) is 11.2 Å². The van der Waals surface area contributed by atoms with E-state index >= 15 is 0 Å². The van der Waals surface area contributed by atoms with Gasteiger partial charge in [-0.25, -0.2) is 9.98 Å². The molecule has 2 aromatic carbocycles. The summed E-state index contributed by atoms with van der Waals surface area (Å²) in [6.07, 6.45) is 2.23. The SMILES string of the molecule is CCc1nc2ccccc2c(=O)n1N1C(=O)/C(=C\c2ccccc2)N=C1C. The van der Waals surface area contributed by atoms with E-state index < -0.39 is 0 Å². The van der Waals surface area contributed by atoms with Crippen molar-refractivity contribution >= 4 is 28.7 Å². The Labute approximate surface area is 156 Å². The third-order valence-electron chi connectivity index (χ3n) is 4.44. The van der Waals surface area contributed by atoms with Crippen LogP contribution in [0.25, 0.3) is 17.0 Å². The van der Waals surface area contributed by atoms with Crippen LogP contribution in [0, 0.1) is 0 Å². The molecule has 6 heteroatoms. The van der Waals surface area contributed by atoms with E-state index in [1.807, 2.05) is 43.3 Å². The fourth-order valence-corrected chi connectivity index (χ4v) is 3.17. The number of amidine groups is 1. The summed E-state index contributed by atoms with van der Waals surface area (Å²) in [4.78, 5) is 35.1. The monoisotopic (exact) mass is 358 g/mol. The summed E-state index contributed by atoms with van der Waals surface area (Å²) in [5, 5.41) is 1.78. The Morgan fingerprint density at radius 3 is 2.44 bits per heavy atom. The van der Waals surface area contributed by atoms with Gasteiger partial charge in [0.1, 0.15) is 17.4 Å². The molecular weight excluding hydrogens is 340 g/mol. The molecule has 0 spiro atoms. The van der Waals surface area contributed by atoms with Crippen molar-refractivity contribution < 1.29 is 4.79 Å². The highest BCUT2D eigenvalue weighted by Gasteiger charge is 2.32. The van der Waals surface area contributed by atoms with Gasteiger partial charge in [-0.15, -0.1) is 0 Å². The molecule has 1 aromatic heterocycles. The minimum absolute atomic E-state index is 0.277. The number of aliphatic imine (C=N–C) groups is 1. The highest BCUT2D eigenvalue weighted by Crippen LogP contribution is 2.18. The zero-order valence-corrected chi connectivity index (χ0v) is 15.1. The van der Waals surface area contributed by atoms with Crippen molar-refractivity contribution in [1.82, 2.24) is 9.66 Å². The van der Waals surface area contributed by atoms with Gasteiger partial charge in [0.05, 0.1) is 10.9 Å². The lowest BCUT2D eigenvalue weighted by atomic mass is 10.2. The van der Waals surface area contributed by atoms with Crippen molar-refractivity contribution in [2.45, 2.75) is 20.3 Å². The number of para-hydroxylation sites is 1. The van der Waals surface area contributed by atoms with Crippen molar-refractivity contribution in [2.24, 2.45) is 4.99 Å². The summed E-state index contributed by atoms with van der Waals surface area (Å²) in [6, 6.07) is 16.6. The summed E-state index contributed by atoms with van der Waals surface area (Å²) < 4.78 is 1.34. The molecule has 0 unspecified atom stereocenters. The van der Waals surface area contributed by atoms with Gasteiger partial charge >= 0.3 is 0 Å². The summed E-state index contributed by atoms with van der Waals surface area (Å²) in [6.45, 7) is 3.62. The van der Waals surface area contributed by atoms with Crippen LogP contribution >= 0.6 is 0 Å². The molecule has 1 amide bonds. The molecule has 6 nitrogen and oxygen atoms in total. The van der Waals surface area contributed by atoms with Crippen LogP contribution in [0.2, 0.25) is 0 Å². The van der Waals surface area contributed by atoms with Crippen molar-refractivity contribution in [3.8, 4) is 0 Å². The second-order valence-corrected chi connectivity index (χ2v) is 6.23. The number of nitrogens with zero attached hydrogens (tertiary/aromatic N) is 4. The molecule has 134 valence electrons. The Hall–Kier alpha value is -3.54. The second kappa shape index (κ2) is 6.64. The number of aromatic nitrogens is 2. The largest absolute Gasteiger partial charge is 0.297 e. The van der Waals surface area contributed by atoms with Gasteiger partial charge in [-0.3, -0.25) is 9.59 Å². The number of carbonyl (C=O) groups excluding carboxylic acids is 1. The first kappa shape index (κ1) is 16.9. The molecule has 0 radical (unpaired) electrons. The van der Waals surface area contributed by atoms with Crippen LogP contribution in [-0.4, -0.2) is 21.4 Å². The molecule has 0 fully saturated rings. The lowest BCUT2D eigenvalue weighted by Gasteiger charge is -2.21. The summed E-state index contributed by atoms with van der Waals surface area (Å²) in [5.41, 5.74) is 1.51. The highest BCUT2D eigenvalue weighted by molar-refractivity contribution is 6.23. The molecule has 0 saturated heterocycles. The maximum absolute atomic E-state index is 13.1. The quantitative estimate of drug-likeness (QED) is 0.676. The summed E-state index contributed by atoms with van der Waals surface area (Å²) in [5.74, 6) is 0.615. The maximum atomic E-state index is 13.1. The first-order valence-corrected chi connectivity index (χ1v) is 8.77. The average molecular weight is 358 g/mol. The summed E-state index contributed by atoms with van der Waals surface area (Å²) in [7, 11) is 0. The fourth-order valence-electron chi connectivity index (χ4n) is 3.17. The molecule has 0 aliphatic carbocycles. The molecule has 1 aliphatic heterocycles. The third-order valence-corrected chi connectivity index (χ3v) is 4.44. The number of rotatable bonds is 3. The van der Waals surface area contributed by atoms with Gasteiger partial charge in [0.15, 0.2) is 0 Å². The van der Waals surface area contributed by atoms with Crippen LogP contribution in [0.3, 0.4) is 0 Å². The van der Waals surface area contributed by atoms with E-state index in [4.69, 9.17) is 0 Å². The van der Waals surface area contributed by atoms with E-state index in [2.05, 4.69) is 9.98 Å². The van der Waals surface area contributed by atoms with Gasteiger partial charge in [-0.1, -0.05) is 49.4 Å². The molecule has 1 aliphatic rings. The van der Waals surface area contributed by atoms with Crippen molar-refractivity contribution in [3.05, 3.63) is 82.0 Å². The second-order valence-electron chi connectivity index (χ2n) is 6.23.